The minimum atomic E-state index is -3.89. The van der Waals surface area contributed by atoms with E-state index in [1.807, 2.05) is 25.1 Å². The Morgan fingerprint density at radius 3 is 2.25 bits per heavy atom. The molecule has 0 fully saturated rings. The third kappa shape index (κ3) is 5.66. The molecule has 4 nitrogen and oxygen atoms in total. The van der Waals surface area contributed by atoms with E-state index in [1.165, 1.54) is 23.8 Å². The Hall–Kier alpha value is -3.36. The molecule has 0 unspecified atom stereocenters. The largest absolute Gasteiger partial charge is 0.489 e. The summed E-state index contributed by atoms with van der Waals surface area (Å²) in [6.45, 7) is 8.79. The van der Waals surface area contributed by atoms with Gasteiger partial charge in [-0.25, -0.2) is 8.42 Å². The fourth-order valence-corrected chi connectivity index (χ4v) is 4.29. The molecule has 0 amide bonds. The van der Waals surface area contributed by atoms with Gasteiger partial charge in [0.15, 0.2) is 0 Å². The lowest BCUT2D eigenvalue weighted by Crippen LogP contribution is -2.10. The van der Waals surface area contributed by atoms with Gasteiger partial charge in [-0.05, 0) is 59.4 Å². The first kappa shape index (κ1) is 23.3. The van der Waals surface area contributed by atoms with Crippen molar-refractivity contribution >= 4 is 15.9 Å². The summed E-state index contributed by atoms with van der Waals surface area (Å²) in [5.74, 6) is 0.601. The van der Waals surface area contributed by atoms with Crippen molar-refractivity contribution in [3.63, 3.8) is 0 Å². The average Bonchev–Trinajstić information content (AvgIpc) is 2.76. The van der Waals surface area contributed by atoms with Crippen LogP contribution < -0.4 is 4.74 Å². The number of sulfone groups is 1. The van der Waals surface area contributed by atoms with Crippen molar-refractivity contribution in [2.75, 3.05) is 0 Å². The van der Waals surface area contributed by atoms with Crippen LogP contribution >= 0.6 is 0 Å². The Kier molecular flexibility index (Phi) is 6.86. The Bertz CT molecular complexity index is 1260. The van der Waals surface area contributed by atoms with E-state index in [1.54, 1.807) is 36.4 Å². The Labute approximate surface area is 190 Å². The van der Waals surface area contributed by atoms with Gasteiger partial charge in [-0.2, -0.15) is 5.26 Å². The highest BCUT2D eigenvalue weighted by atomic mass is 32.2. The molecule has 0 saturated heterocycles. The van der Waals surface area contributed by atoms with Crippen LogP contribution in [0.15, 0.2) is 82.6 Å². The quantitative estimate of drug-likeness (QED) is 0.423. The van der Waals surface area contributed by atoms with E-state index in [0.29, 0.717) is 17.9 Å². The highest BCUT2D eigenvalue weighted by Gasteiger charge is 2.20. The Morgan fingerprint density at radius 2 is 1.66 bits per heavy atom. The van der Waals surface area contributed by atoms with E-state index in [2.05, 4.69) is 32.9 Å². The molecule has 0 atom stereocenters. The zero-order valence-electron chi connectivity index (χ0n) is 18.8. The summed E-state index contributed by atoms with van der Waals surface area (Å²) < 4.78 is 31.6. The molecule has 0 aliphatic heterocycles. The third-order valence-electron chi connectivity index (χ3n) is 5.11. The monoisotopic (exact) mass is 445 g/mol. The van der Waals surface area contributed by atoms with Crippen LogP contribution in [0.25, 0.3) is 6.08 Å². The fourth-order valence-electron chi connectivity index (χ4n) is 3.13. The van der Waals surface area contributed by atoms with Gasteiger partial charge in [0.05, 0.1) is 4.90 Å². The van der Waals surface area contributed by atoms with Crippen LogP contribution in [0.3, 0.4) is 0 Å². The molecular formula is C27H27NO3S. The molecule has 0 aliphatic carbocycles. The van der Waals surface area contributed by atoms with E-state index >= 15 is 0 Å². The van der Waals surface area contributed by atoms with Crippen LogP contribution in [0, 0.1) is 18.3 Å². The topological polar surface area (TPSA) is 67.2 Å². The van der Waals surface area contributed by atoms with E-state index in [9.17, 15) is 13.7 Å². The maximum absolute atomic E-state index is 12.9. The molecule has 0 heterocycles. The number of ether oxygens (including phenoxy) is 1. The summed E-state index contributed by atoms with van der Waals surface area (Å²) in [4.78, 5) is -0.210. The van der Waals surface area contributed by atoms with Gasteiger partial charge in [0.25, 0.3) is 0 Å². The lowest BCUT2D eigenvalue weighted by Gasteiger charge is -2.19. The summed E-state index contributed by atoms with van der Waals surface area (Å²) >= 11 is 0. The van der Waals surface area contributed by atoms with Crippen molar-refractivity contribution in [1.29, 1.82) is 5.26 Å². The van der Waals surface area contributed by atoms with Crippen molar-refractivity contribution in [1.82, 2.24) is 0 Å². The smallest absolute Gasteiger partial charge is 0.216 e. The van der Waals surface area contributed by atoms with Gasteiger partial charge < -0.3 is 4.74 Å². The lowest BCUT2D eigenvalue weighted by atomic mass is 9.87. The summed E-state index contributed by atoms with van der Waals surface area (Å²) in [5, 5.41) is 9.51. The molecule has 0 bridgehead atoms. The first-order valence-electron chi connectivity index (χ1n) is 10.4. The molecule has 164 valence electrons. The van der Waals surface area contributed by atoms with E-state index in [-0.39, 0.29) is 15.2 Å². The van der Waals surface area contributed by atoms with Crippen LogP contribution in [0.5, 0.6) is 5.75 Å². The minimum absolute atomic E-state index is 0.0947. The number of nitrogens with zero attached hydrogens (tertiary/aromatic N) is 1. The molecular weight excluding hydrogens is 418 g/mol. The summed E-state index contributed by atoms with van der Waals surface area (Å²) in [6.07, 6.45) is 1.38. The summed E-state index contributed by atoms with van der Waals surface area (Å²) in [7, 11) is -3.89. The number of allylic oxidation sites excluding steroid dienone is 1. The maximum Gasteiger partial charge on any atom is 0.216 e. The van der Waals surface area contributed by atoms with Gasteiger partial charge in [0.1, 0.15) is 23.3 Å². The first-order valence-corrected chi connectivity index (χ1v) is 11.8. The normalized spacial score (nSPS) is 12.3. The SMILES string of the molecule is Cc1ccc(S(=O)(=O)C(C#N)=Cc2cccc(OCc3ccc(C(C)(C)C)cc3)c2)cc1. The molecule has 0 N–H and O–H groups in total. The first-order chi connectivity index (χ1) is 15.1. The van der Waals surface area contributed by atoms with E-state index < -0.39 is 9.84 Å². The zero-order chi connectivity index (χ0) is 23.4. The second-order valence-electron chi connectivity index (χ2n) is 8.74. The molecule has 3 aromatic carbocycles. The van der Waals surface area contributed by atoms with Crippen molar-refractivity contribution in [3.8, 4) is 11.8 Å². The summed E-state index contributed by atoms with van der Waals surface area (Å²) in [6, 6.07) is 23.6. The molecule has 0 spiro atoms. The molecule has 0 aliphatic rings. The fraction of sp³-hybridized carbons (Fsp3) is 0.222. The Balaban J connectivity index is 1.78. The van der Waals surface area contributed by atoms with Crippen molar-refractivity contribution in [2.45, 2.75) is 44.6 Å². The number of hydrogen-bond acceptors (Lipinski definition) is 4. The van der Waals surface area contributed by atoms with Gasteiger partial charge >= 0.3 is 0 Å². The van der Waals surface area contributed by atoms with Gasteiger partial charge in [-0.3, -0.25) is 0 Å². The van der Waals surface area contributed by atoms with Crippen LogP contribution in [0.1, 0.15) is 43.0 Å². The minimum Gasteiger partial charge on any atom is -0.489 e. The third-order valence-corrected chi connectivity index (χ3v) is 6.79. The summed E-state index contributed by atoms with van der Waals surface area (Å²) in [5.41, 5.74) is 3.92. The number of rotatable bonds is 6. The molecule has 5 heteroatoms. The predicted octanol–water partition coefficient (Wildman–Crippen LogP) is 6.21. The average molecular weight is 446 g/mol. The van der Waals surface area contributed by atoms with E-state index in [0.717, 1.165) is 11.1 Å². The van der Waals surface area contributed by atoms with Crippen molar-refractivity contribution in [3.05, 3.63) is 100.0 Å². The lowest BCUT2D eigenvalue weighted by molar-refractivity contribution is 0.306. The molecule has 0 radical (unpaired) electrons. The van der Waals surface area contributed by atoms with Crippen LogP contribution in [-0.4, -0.2) is 8.42 Å². The van der Waals surface area contributed by atoms with Crippen LogP contribution in [0.4, 0.5) is 0 Å². The molecule has 3 rings (SSSR count). The van der Waals surface area contributed by atoms with Gasteiger partial charge in [0.2, 0.25) is 9.84 Å². The zero-order valence-corrected chi connectivity index (χ0v) is 19.6. The van der Waals surface area contributed by atoms with Crippen molar-refractivity contribution < 1.29 is 13.2 Å². The molecule has 32 heavy (non-hydrogen) atoms. The second-order valence-corrected chi connectivity index (χ2v) is 10.7. The van der Waals surface area contributed by atoms with Crippen LogP contribution in [0.2, 0.25) is 0 Å². The second kappa shape index (κ2) is 9.42. The van der Waals surface area contributed by atoms with Gasteiger partial charge in [-0.15, -0.1) is 0 Å². The predicted molar refractivity (Wildman–Crippen MR) is 128 cm³/mol. The highest BCUT2D eigenvalue weighted by molar-refractivity contribution is 7.95. The van der Waals surface area contributed by atoms with Gasteiger partial charge in [-0.1, -0.05) is 74.9 Å². The number of benzene rings is 3. The maximum atomic E-state index is 12.9. The number of aryl methyl sites for hydroxylation is 1. The van der Waals surface area contributed by atoms with Crippen molar-refractivity contribution in [2.24, 2.45) is 0 Å². The Morgan fingerprint density at radius 1 is 1.00 bits per heavy atom. The molecule has 0 saturated carbocycles. The molecule has 3 aromatic rings. The van der Waals surface area contributed by atoms with Crippen LogP contribution in [-0.2, 0) is 21.9 Å². The van der Waals surface area contributed by atoms with E-state index in [4.69, 9.17) is 4.74 Å². The molecule has 0 aromatic heterocycles. The van der Waals surface area contributed by atoms with Gasteiger partial charge in [0, 0.05) is 0 Å². The number of nitriles is 1. The standard InChI is InChI=1S/C27H27NO3S/c1-20-8-14-25(15-9-20)32(29,30)26(18-28)17-22-6-5-7-24(16-22)31-19-21-10-12-23(13-11-21)27(2,3)4/h5-17H,19H2,1-4H3. The number of hydrogen-bond donors (Lipinski definition) is 0. The highest BCUT2D eigenvalue weighted by Crippen LogP contribution is 2.25.